The summed E-state index contributed by atoms with van der Waals surface area (Å²) in [6, 6.07) is 0. The molecule has 0 bridgehead atoms. The molecule has 5 nitrogen and oxygen atoms in total. The molecule has 1 N–H and O–H groups in total. The van der Waals surface area contributed by atoms with Crippen LogP contribution in [0.5, 0.6) is 0 Å². The fourth-order valence-electron chi connectivity index (χ4n) is 2.66. The molecule has 0 aromatic rings. The van der Waals surface area contributed by atoms with Crippen molar-refractivity contribution in [2.45, 2.75) is 26.7 Å². The van der Waals surface area contributed by atoms with Gasteiger partial charge in [0, 0.05) is 46.3 Å². The molecule has 0 aromatic heterocycles. The zero-order valence-electron chi connectivity index (χ0n) is 13.7. The van der Waals surface area contributed by atoms with E-state index in [-0.39, 0.29) is 0 Å². The summed E-state index contributed by atoms with van der Waals surface area (Å²) in [5.74, 6) is 1.63. The molecule has 1 unspecified atom stereocenters. The standard InChI is InChI=1S/C15H32N4O/c1-5-9-19(6-2)10-8-17-15(16-3)18(4)12-14-7-11-20-13-14/h14H,5-13H2,1-4H3,(H,16,17). The Labute approximate surface area is 124 Å². The Kier molecular flexibility index (Phi) is 8.62. The summed E-state index contributed by atoms with van der Waals surface area (Å²) in [5, 5.41) is 3.46. The number of likely N-dealkylation sites (N-methyl/N-ethyl adjacent to an activating group) is 1. The largest absolute Gasteiger partial charge is 0.381 e. The Hall–Kier alpha value is -0.810. The summed E-state index contributed by atoms with van der Waals surface area (Å²) in [4.78, 5) is 9.05. The van der Waals surface area contributed by atoms with E-state index in [1.165, 1.54) is 19.4 Å². The van der Waals surface area contributed by atoms with Gasteiger partial charge >= 0.3 is 0 Å². The smallest absolute Gasteiger partial charge is 0.193 e. The highest BCUT2D eigenvalue weighted by molar-refractivity contribution is 5.79. The Morgan fingerprint density at radius 1 is 1.35 bits per heavy atom. The van der Waals surface area contributed by atoms with E-state index in [2.05, 4.69) is 41.0 Å². The van der Waals surface area contributed by atoms with E-state index >= 15 is 0 Å². The van der Waals surface area contributed by atoms with Crippen LogP contribution in [0.2, 0.25) is 0 Å². The molecule has 1 aliphatic rings. The first-order valence-corrected chi connectivity index (χ1v) is 7.93. The van der Waals surface area contributed by atoms with Crippen molar-refractivity contribution in [2.75, 3.05) is 60.0 Å². The first-order valence-electron chi connectivity index (χ1n) is 7.93. The van der Waals surface area contributed by atoms with Gasteiger partial charge in [0.1, 0.15) is 0 Å². The molecule has 1 atom stereocenters. The Morgan fingerprint density at radius 2 is 2.15 bits per heavy atom. The summed E-state index contributed by atoms with van der Waals surface area (Å²) in [6.45, 7) is 11.6. The Bertz CT molecular complexity index is 277. The van der Waals surface area contributed by atoms with Crippen molar-refractivity contribution < 1.29 is 4.74 Å². The molecule has 0 radical (unpaired) electrons. The molecule has 1 saturated heterocycles. The van der Waals surface area contributed by atoms with Gasteiger partial charge in [-0.3, -0.25) is 4.99 Å². The normalized spacial score (nSPS) is 19.6. The molecule has 0 spiro atoms. The highest BCUT2D eigenvalue weighted by atomic mass is 16.5. The number of hydrogen-bond acceptors (Lipinski definition) is 3. The maximum absolute atomic E-state index is 5.43. The number of guanidine groups is 1. The van der Waals surface area contributed by atoms with E-state index in [1.807, 2.05) is 7.05 Å². The summed E-state index contributed by atoms with van der Waals surface area (Å²) in [5.41, 5.74) is 0. The second-order valence-corrected chi connectivity index (χ2v) is 5.52. The lowest BCUT2D eigenvalue weighted by Crippen LogP contribution is -2.44. The molecule has 5 heteroatoms. The number of aliphatic imine (C=N–C) groups is 1. The minimum absolute atomic E-state index is 0.644. The molecule has 1 rings (SSSR count). The van der Waals surface area contributed by atoms with Gasteiger partial charge in [-0.1, -0.05) is 13.8 Å². The first kappa shape index (κ1) is 17.2. The van der Waals surface area contributed by atoms with Crippen LogP contribution in [0.1, 0.15) is 26.7 Å². The van der Waals surface area contributed by atoms with E-state index in [4.69, 9.17) is 4.74 Å². The zero-order valence-corrected chi connectivity index (χ0v) is 13.7. The molecule has 0 saturated carbocycles. The molecule has 0 amide bonds. The van der Waals surface area contributed by atoms with Gasteiger partial charge in [0.05, 0.1) is 6.61 Å². The van der Waals surface area contributed by atoms with E-state index in [1.54, 1.807) is 0 Å². The van der Waals surface area contributed by atoms with Crippen LogP contribution < -0.4 is 5.32 Å². The van der Waals surface area contributed by atoms with E-state index in [9.17, 15) is 0 Å². The molecule has 20 heavy (non-hydrogen) atoms. The van der Waals surface area contributed by atoms with Gasteiger partial charge in [-0.15, -0.1) is 0 Å². The van der Waals surface area contributed by atoms with Crippen LogP contribution >= 0.6 is 0 Å². The Morgan fingerprint density at radius 3 is 2.70 bits per heavy atom. The van der Waals surface area contributed by atoms with Gasteiger partial charge in [0.25, 0.3) is 0 Å². The quantitative estimate of drug-likeness (QED) is 0.538. The fraction of sp³-hybridized carbons (Fsp3) is 0.933. The first-order chi connectivity index (χ1) is 9.71. The number of ether oxygens (including phenoxy) is 1. The molecule has 1 aliphatic heterocycles. The monoisotopic (exact) mass is 284 g/mol. The molecule has 1 heterocycles. The summed E-state index contributed by atoms with van der Waals surface area (Å²) < 4.78 is 5.43. The molecule has 0 aromatic carbocycles. The molecule has 0 aliphatic carbocycles. The minimum Gasteiger partial charge on any atom is -0.381 e. The SMILES string of the molecule is CCCN(CC)CCNC(=NC)N(C)CC1CCOC1. The van der Waals surface area contributed by atoms with Crippen molar-refractivity contribution in [1.29, 1.82) is 0 Å². The number of hydrogen-bond donors (Lipinski definition) is 1. The molecule has 1 fully saturated rings. The van der Waals surface area contributed by atoms with Crippen molar-refractivity contribution in [3.05, 3.63) is 0 Å². The van der Waals surface area contributed by atoms with E-state index in [0.29, 0.717) is 5.92 Å². The summed E-state index contributed by atoms with van der Waals surface area (Å²) >= 11 is 0. The van der Waals surface area contributed by atoms with Crippen LogP contribution in [0.25, 0.3) is 0 Å². The maximum Gasteiger partial charge on any atom is 0.193 e. The average Bonchev–Trinajstić information content (AvgIpc) is 2.95. The number of nitrogens with zero attached hydrogens (tertiary/aromatic N) is 3. The highest BCUT2D eigenvalue weighted by Crippen LogP contribution is 2.13. The predicted octanol–water partition coefficient (Wildman–Crippen LogP) is 1.26. The minimum atomic E-state index is 0.644. The van der Waals surface area contributed by atoms with E-state index in [0.717, 1.165) is 45.4 Å². The van der Waals surface area contributed by atoms with Gasteiger partial charge in [-0.25, -0.2) is 0 Å². The Balaban J connectivity index is 2.27. The average molecular weight is 284 g/mol. The molecule has 118 valence electrons. The summed E-state index contributed by atoms with van der Waals surface area (Å²) in [6.07, 6.45) is 2.38. The van der Waals surface area contributed by atoms with E-state index < -0.39 is 0 Å². The maximum atomic E-state index is 5.43. The summed E-state index contributed by atoms with van der Waals surface area (Å²) in [7, 11) is 3.96. The van der Waals surface area contributed by atoms with Crippen LogP contribution in [-0.2, 0) is 4.74 Å². The van der Waals surface area contributed by atoms with Gasteiger partial charge in [-0.2, -0.15) is 0 Å². The number of rotatable bonds is 8. The van der Waals surface area contributed by atoms with Gasteiger partial charge < -0.3 is 19.9 Å². The topological polar surface area (TPSA) is 40.1 Å². The van der Waals surface area contributed by atoms with Gasteiger partial charge in [-0.05, 0) is 25.9 Å². The van der Waals surface area contributed by atoms with Crippen molar-refractivity contribution in [3.63, 3.8) is 0 Å². The third-order valence-corrected chi connectivity index (χ3v) is 3.83. The lowest BCUT2D eigenvalue weighted by Gasteiger charge is -2.26. The predicted molar refractivity (Wildman–Crippen MR) is 85.3 cm³/mol. The third-order valence-electron chi connectivity index (χ3n) is 3.83. The van der Waals surface area contributed by atoms with Crippen molar-refractivity contribution in [1.82, 2.24) is 15.1 Å². The van der Waals surface area contributed by atoms with Crippen LogP contribution in [0.3, 0.4) is 0 Å². The zero-order chi connectivity index (χ0) is 14.8. The fourth-order valence-corrected chi connectivity index (χ4v) is 2.66. The highest BCUT2D eigenvalue weighted by Gasteiger charge is 2.18. The number of nitrogens with one attached hydrogen (secondary N) is 1. The van der Waals surface area contributed by atoms with Crippen LogP contribution in [0, 0.1) is 5.92 Å². The second-order valence-electron chi connectivity index (χ2n) is 5.52. The molecular formula is C15H32N4O. The van der Waals surface area contributed by atoms with Gasteiger partial charge in [0.15, 0.2) is 5.96 Å². The van der Waals surface area contributed by atoms with Crippen LogP contribution in [0.4, 0.5) is 0 Å². The van der Waals surface area contributed by atoms with Crippen molar-refractivity contribution in [3.8, 4) is 0 Å². The van der Waals surface area contributed by atoms with Crippen molar-refractivity contribution in [2.24, 2.45) is 10.9 Å². The van der Waals surface area contributed by atoms with Gasteiger partial charge in [0.2, 0.25) is 0 Å². The molecular weight excluding hydrogens is 252 g/mol. The second kappa shape index (κ2) is 10.00. The lowest BCUT2D eigenvalue weighted by atomic mass is 10.1. The van der Waals surface area contributed by atoms with Crippen molar-refractivity contribution >= 4 is 5.96 Å². The third kappa shape index (κ3) is 6.09. The van der Waals surface area contributed by atoms with Crippen LogP contribution in [0.15, 0.2) is 4.99 Å². The lowest BCUT2D eigenvalue weighted by molar-refractivity contribution is 0.181. The van der Waals surface area contributed by atoms with Crippen LogP contribution in [-0.4, -0.2) is 75.8 Å².